The molecule has 146 valence electrons. The van der Waals surface area contributed by atoms with E-state index >= 15 is 0 Å². The van der Waals surface area contributed by atoms with Crippen LogP contribution in [0, 0.1) is 23.2 Å². The van der Waals surface area contributed by atoms with Crippen molar-refractivity contribution >= 4 is 23.6 Å². The van der Waals surface area contributed by atoms with Crippen LogP contribution in [-0.4, -0.2) is 33.6 Å². The van der Waals surface area contributed by atoms with Crippen LogP contribution in [-0.2, 0) is 11.2 Å². The van der Waals surface area contributed by atoms with Gasteiger partial charge in [-0.2, -0.15) is 5.26 Å². The van der Waals surface area contributed by atoms with Gasteiger partial charge in [-0.25, -0.2) is 0 Å². The molecule has 1 aromatic carbocycles. The van der Waals surface area contributed by atoms with Crippen molar-refractivity contribution in [3.63, 3.8) is 0 Å². The molecule has 0 bridgehead atoms. The largest absolute Gasteiger partial charge is 0.339 e. The van der Waals surface area contributed by atoms with Crippen LogP contribution < -0.4 is 5.32 Å². The molecule has 2 amide bonds. The van der Waals surface area contributed by atoms with Gasteiger partial charge in [-0.05, 0) is 30.7 Å². The zero-order valence-electron chi connectivity index (χ0n) is 15.7. The number of nitrogens with zero attached hydrogens (tertiary/aromatic N) is 3. The van der Waals surface area contributed by atoms with Gasteiger partial charge in [-0.1, -0.05) is 24.3 Å². The summed E-state index contributed by atoms with van der Waals surface area (Å²) in [4.78, 5) is 32.1. The fraction of sp³-hybridized carbons (Fsp3) is 0.273. The van der Waals surface area contributed by atoms with E-state index < -0.39 is 0 Å². The van der Waals surface area contributed by atoms with Gasteiger partial charge in [0.25, 0.3) is 5.91 Å². The quantitative estimate of drug-likeness (QED) is 0.847. The van der Waals surface area contributed by atoms with Crippen molar-refractivity contribution in [2.24, 2.45) is 11.8 Å². The molecule has 3 heterocycles. The molecule has 0 aliphatic carbocycles. The SMILES string of the molecule is N#CC1C(NC(=O)c2ccccc2)SC2=CN(C(=O)Cc3ccccn3)CCC21. The summed E-state index contributed by atoms with van der Waals surface area (Å²) in [6.45, 7) is 0.567. The highest BCUT2D eigenvalue weighted by Crippen LogP contribution is 2.48. The molecule has 3 atom stereocenters. The Labute approximate surface area is 173 Å². The minimum absolute atomic E-state index is 0.0134. The molecule has 2 aromatic rings. The van der Waals surface area contributed by atoms with Crippen molar-refractivity contribution in [1.29, 1.82) is 5.26 Å². The number of aromatic nitrogens is 1. The molecule has 2 aliphatic heterocycles. The van der Waals surface area contributed by atoms with E-state index in [1.807, 2.05) is 42.6 Å². The van der Waals surface area contributed by atoms with Gasteiger partial charge in [0, 0.05) is 41.0 Å². The van der Waals surface area contributed by atoms with Gasteiger partial charge in [0.15, 0.2) is 0 Å². The van der Waals surface area contributed by atoms with Crippen LogP contribution >= 0.6 is 11.8 Å². The van der Waals surface area contributed by atoms with Gasteiger partial charge >= 0.3 is 0 Å². The maximum Gasteiger partial charge on any atom is 0.252 e. The predicted molar refractivity (Wildman–Crippen MR) is 110 cm³/mol. The fourth-order valence-corrected chi connectivity index (χ4v) is 5.16. The van der Waals surface area contributed by atoms with Gasteiger partial charge in [-0.3, -0.25) is 14.6 Å². The maximum absolute atomic E-state index is 12.6. The van der Waals surface area contributed by atoms with E-state index in [1.54, 1.807) is 23.2 Å². The highest BCUT2D eigenvalue weighted by molar-refractivity contribution is 8.04. The van der Waals surface area contributed by atoms with Gasteiger partial charge in [0.05, 0.1) is 23.8 Å². The van der Waals surface area contributed by atoms with Crippen molar-refractivity contribution in [3.05, 3.63) is 77.1 Å². The summed E-state index contributed by atoms with van der Waals surface area (Å²) in [5.74, 6) is -0.469. The first-order valence-corrected chi connectivity index (χ1v) is 10.4. The van der Waals surface area contributed by atoms with Crippen LogP contribution in [0.3, 0.4) is 0 Å². The number of carbonyl (C=O) groups excluding carboxylic acids is 2. The number of nitriles is 1. The number of allylic oxidation sites excluding steroid dienone is 1. The molecule has 1 N–H and O–H groups in total. The monoisotopic (exact) mass is 404 g/mol. The smallest absolute Gasteiger partial charge is 0.252 e. The highest BCUT2D eigenvalue weighted by Gasteiger charge is 2.43. The number of thioether (sulfide) groups is 1. The lowest BCUT2D eigenvalue weighted by Gasteiger charge is -2.28. The molecule has 0 spiro atoms. The molecule has 1 aromatic heterocycles. The Morgan fingerprint density at radius 1 is 1.21 bits per heavy atom. The first kappa shape index (κ1) is 19.2. The van der Waals surface area contributed by atoms with Crippen LogP contribution in [0.25, 0.3) is 0 Å². The minimum atomic E-state index is -0.324. The van der Waals surface area contributed by atoms with E-state index in [4.69, 9.17) is 0 Å². The van der Waals surface area contributed by atoms with Crippen LogP contribution in [0.5, 0.6) is 0 Å². The summed E-state index contributed by atoms with van der Waals surface area (Å²) >= 11 is 1.47. The molecule has 0 saturated carbocycles. The highest BCUT2D eigenvalue weighted by atomic mass is 32.2. The van der Waals surface area contributed by atoms with Crippen molar-refractivity contribution in [3.8, 4) is 6.07 Å². The molecule has 3 unspecified atom stereocenters. The second-order valence-corrected chi connectivity index (χ2v) is 8.26. The van der Waals surface area contributed by atoms with Gasteiger partial charge in [0.2, 0.25) is 5.91 Å². The number of benzene rings is 1. The van der Waals surface area contributed by atoms with E-state index in [9.17, 15) is 14.9 Å². The zero-order valence-corrected chi connectivity index (χ0v) is 16.5. The molecule has 1 fully saturated rings. The number of hydrogen-bond acceptors (Lipinski definition) is 5. The van der Waals surface area contributed by atoms with Gasteiger partial charge < -0.3 is 10.2 Å². The van der Waals surface area contributed by atoms with Crippen LogP contribution in [0.2, 0.25) is 0 Å². The molecule has 7 heteroatoms. The van der Waals surface area contributed by atoms with Crippen LogP contribution in [0.1, 0.15) is 22.5 Å². The van der Waals surface area contributed by atoms with E-state index in [2.05, 4.69) is 16.4 Å². The van der Waals surface area contributed by atoms with Crippen LogP contribution in [0.15, 0.2) is 65.8 Å². The Bertz CT molecular complexity index is 971. The summed E-state index contributed by atoms with van der Waals surface area (Å²) in [7, 11) is 0. The standard InChI is InChI=1S/C22H20N4O2S/c23-13-18-17-9-11-26(20(27)12-16-8-4-5-10-24-16)14-19(17)29-22(18)25-21(28)15-6-2-1-3-7-15/h1-8,10,14,17-18,22H,9,11-12H2,(H,25,28). The minimum Gasteiger partial charge on any atom is -0.339 e. The molecule has 6 nitrogen and oxygen atoms in total. The average molecular weight is 404 g/mol. The number of nitrogens with one attached hydrogen (secondary N) is 1. The molecule has 29 heavy (non-hydrogen) atoms. The van der Waals surface area contributed by atoms with Gasteiger partial charge in [0.1, 0.15) is 0 Å². The first-order chi connectivity index (χ1) is 14.2. The Morgan fingerprint density at radius 2 is 2.00 bits per heavy atom. The molecule has 0 radical (unpaired) electrons. The lowest BCUT2D eigenvalue weighted by atomic mass is 9.88. The molecule has 2 aliphatic rings. The van der Waals surface area contributed by atoms with Crippen molar-refractivity contribution in [2.45, 2.75) is 18.2 Å². The predicted octanol–water partition coefficient (Wildman–Crippen LogP) is 2.96. The topological polar surface area (TPSA) is 86.1 Å². The molecular weight excluding hydrogens is 384 g/mol. The zero-order chi connectivity index (χ0) is 20.2. The first-order valence-electron chi connectivity index (χ1n) is 9.49. The maximum atomic E-state index is 12.6. The van der Waals surface area contributed by atoms with E-state index in [0.29, 0.717) is 18.5 Å². The summed E-state index contributed by atoms with van der Waals surface area (Å²) in [5, 5.41) is 12.4. The molecule has 4 rings (SSSR count). The lowest BCUT2D eigenvalue weighted by molar-refractivity contribution is -0.128. The number of amides is 2. The van der Waals surface area contributed by atoms with E-state index in [-0.39, 0.29) is 35.4 Å². The Balaban J connectivity index is 1.46. The third kappa shape index (κ3) is 4.17. The average Bonchev–Trinajstić information content (AvgIpc) is 3.11. The third-order valence-electron chi connectivity index (χ3n) is 5.19. The summed E-state index contributed by atoms with van der Waals surface area (Å²) in [5.41, 5.74) is 1.31. The van der Waals surface area contributed by atoms with Crippen molar-refractivity contribution in [1.82, 2.24) is 15.2 Å². The third-order valence-corrected chi connectivity index (χ3v) is 6.53. The summed E-state index contributed by atoms with van der Waals surface area (Å²) < 4.78 is 0. The Morgan fingerprint density at radius 3 is 2.72 bits per heavy atom. The second-order valence-electron chi connectivity index (χ2n) is 7.04. The Kier molecular flexibility index (Phi) is 5.63. The lowest BCUT2D eigenvalue weighted by Crippen LogP contribution is -2.38. The van der Waals surface area contributed by atoms with Crippen molar-refractivity contribution < 1.29 is 9.59 Å². The fourth-order valence-electron chi connectivity index (χ4n) is 3.67. The summed E-state index contributed by atoms with van der Waals surface area (Å²) in [6.07, 6.45) is 4.49. The molecular formula is C22H20N4O2S. The number of pyridine rings is 1. The number of rotatable bonds is 4. The van der Waals surface area contributed by atoms with Crippen molar-refractivity contribution in [2.75, 3.05) is 6.54 Å². The number of fused-ring (bicyclic) bond motifs is 1. The number of hydrogen-bond donors (Lipinski definition) is 1. The second kappa shape index (κ2) is 8.50. The Hall–Kier alpha value is -3.11. The van der Waals surface area contributed by atoms with Gasteiger partial charge in [-0.15, -0.1) is 11.8 Å². The molecule has 1 saturated heterocycles. The normalized spacial score (nSPS) is 22.9. The van der Waals surface area contributed by atoms with Crippen LogP contribution in [0.4, 0.5) is 0 Å². The number of carbonyl (C=O) groups is 2. The van der Waals surface area contributed by atoms with E-state index in [0.717, 1.165) is 10.6 Å². The van der Waals surface area contributed by atoms with E-state index in [1.165, 1.54) is 11.8 Å². The summed E-state index contributed by atoms with van der Waals surface area (Å²) in [6, 6.07) is 16.9.